The van der Waals surface area contributed by atoms with Crippen molar-refractivity contribution in [2.24, 2.45) is 0 Å². The van der Waals surface area contributed by atoms with Crippen molar-refractivity contribution < 1.29 is 9.31 Å². The Morgan fingerprint density at radius 2 is 1.43 bits per heavy atom. The Morgan fingerprint density at radius 3 is 1.95 bits per heavy atom. The predicted octanol–water partition coefficient (Wildman–Crippen LogP) is 3.05. The zero-order valence-electron chi connectivity index (χ0n) is 13.0. The minimum Gasteiger partial charge on any atom is -0.398 e. The SMILES string of the molecule is CC1(C)OB(c2ccc(-c3ccccc3)cn2)OC1(C)C. The molecule has 2 heterocycles. The van der Waals surface area contributed by atoms with Gasteiger partial charge >= 0.3 is 7.12 Å². The molecular formula is C17H20BNO2. The summed E-state index contributed by atoms with van der Waals surface area (Å²) in [6, 6.07) is 14.2. The molecule has 0 saturated carbocycles. The van der Waals surface area contributed by atoms with Gasteiger partial charge in [0.15, 0.2) is 0 Å². The van der Waals surface area contributed by atoms with Crippen molar-refractivity contribution in [2.45, 2.75) is 38.9 Å². The van der Waals surface area contributed by atoms with Gasteiger partial charge in [0, 0.05) is 6.20 Å². The molecule has 0 amide bonds. The van der Waals surface area contributed by atoms with Crippen LogP contribution in [-0.4, -0.2) is 23.3 Å². The molecule has 1 aromatic carbocycles. The standard InChI is InChI=1S/C17H20BNO2/c1-16(2)17(3,4)21-18(20-16)15-11-10-14(12-19-15)13-8-6-5-7-9-13/h5-12H,1-4H3. The Balaban J connectivity index is 1.83. The summed E-state index contributed by atoms with van der Waals surface area (Å²) >= 11 is 0. The first-order valence-electron chi connectivity index (χ1n) is 7.26. The third-order valence-electron chi connectivity index (χ3n) is 4.39. The zero-order chi connectivity index (χ0) is 15.1. The first-order chi connectivity index (χ1) is 9.89. The summed E-state index contributed by atoms with van der Waals surface area (Å²) in [5.74, 6) is 0. The van der Waals surface area contributed by atoms with Gasteiger partial charge in [-0.15, -0.1) is 0 Å². The highest BCUT2D eigenvalue weighted by molar-refractivity contribution is 6.61. The minimum atomic E-state index is -0.403. The lowest BCUT2D eigenvalue weighted by atomic mass is 9.84. The van der Waals surface area contributed by atoms with Gasteiger partial charge in [0.05, 0.1) is 16.8 Å². The van der Waals surface area contributed by atoms with Crippen LogP contribution in [0.2, 0.25) is 0 Å². The van der Waals surface area contributed by atoms with Crippen molar-refractivity contribution in [2.75, 3.05) is 0 Å². The van der Waals surface area contributed by atoms with Crippen LogP contribution in [-0.2, 0) is 9.31 Å². The number of hydrogen-bond donors (Lipinski definition) is 0. The molecule has 0 unspecified atom stereocenters. The van der Waals surface area contributed by atoms with Crippen LogP contribution in [0.15, 0.2) is 48.7 Å². The molecule has 0 atom stereocenters. The third-order valence-corrected chi connectivity index (χ3v) is 4.39. The quantitative estimate of drug-likeness (QED) is 0.793. The van der Waals surface area contributed by atoms with Crippen molar-refractivity contribution in [3.8, 4) is 11.1 Å². The van der Waals surface area contributed by atoms with Crippen LogP contribution < -0.4 is 5.59 Å². The minimum absolute atomic E-state index is 0.336. The Hall–Kier alpha value is -1.65. The van der Waals surface area contributed by atoms with Gasteiger partial charge in [0.1, 0.15) is 0 Å². The van der Waals surface area contributed by atoms with Gasteiger partial charge in [-0.05, 0) is 44.9 Å². The van der Waals surface area contributed by atoms with Crippen LogP contribution in [0, 0.1) is 0 Å². The lowest BCUT2D eigenvalue weighted by Crippen LogP contribution is -2.41. The average molecular weight is 281 g/mol. The molecule has 1 aliphatic rings. The number of rotatable bonds is 2. The summed E-state index contributed by atoms with van der Waals surface area (Å²) in [5, 5.41) is 0. The zero-order valence-corrected chi connectivity index (χ0v) is 13.0. The van der Waals surface area contributed by atoms with Gasteiger partial charge in [-0.1, -0.05) is 36.4 Å². The largest absolute Gasteiger partial charge is 0.514 e. The smallest absolute Gasteiger partial charge is 0.398 e. The molecule has 0 radical (unpaired) electrons. The van der Waals surface area contributed by atoms with Gasteiger partial charge in [-0.25, -0.2) is 0 Å². The highest BCUT2D eigenvalue weighted by atomic mass is 16.7. The molecule has 2 aromatic rings. The number of aromatic nitrogens is 1. The molecule has 21 heavy (non-hydrogen) atoms. The molecule has 0 aliphatic carbocycles. The maximum absolute atomic E-state index is 6.01. The number of benzene rings is 1. The van der Waals surface area contributed by atoms with Crippen LogP contribution in [0.3, 0.4) is 0 Å². The molecule has 1 aliphatic heterocycles. The Bertz CT molecular complexity index is 607. The fourth-order valence-corrected chi connectivity index (χ4v) is 2.31. The molecule has 3 nitrogen and oxygen atoms in total. The van der Waals surface area contributed by atoms with E-state index in [1.807, 2.05) is 58.2 Å². The number of pyridine rings is 1. The first-order valence-corrected chi connectivity index (χ1v) is 7.26. The predicted molar refractivity (Wildman–Crippen MR) is 85.4 cm³/mol. The summed E-state index contributed by atoms with van der Waals surface area (Å²) in [5.41, 5.74) is 2.39. The highest BCUT2D eigenvalue weighted by Crippen LogP contribution is 2.36. The average Bonchev–Trinajstić information content (AvgIpc) is 2.69. The van der Waals surface area contributed by atoms with E-state index in [1.54, 1.807) is 0 Å². The molecule has 1 fully saturated rings. The fraction of sp³-hybridized carbons (Fsp3) is 0.353. The van der Waals surface area contributed by atoms with Gasteiger partial charge in [0.25, 0.3) is 0 Å². The highest BCUT2D eigenvalue weighted by Gasteiger charge is 2.52. The van der Waals surface area contributed by atoms with Crippen molar-refractivity contribution in [1.82, 2.24) is 4.98 Å². The molecule has 0 spiro atoms. The third kappa shape index (κ3) is 2.61. The van der Waals surface area contributed by atoms with E-state index in [0.29, 0.717) is 0 Å². The van der Waals surface area contributed by atoms with Crippen molar-refractivity contribution >= 4 is 12.7 Å². The van der Waals surface area contributed by atoms with Crippen LogP contribution >= 0.6 is 0 Å². The van der Waals surface area contributed by atoms with E-state index in [9.17, 15) is 0 Å². The van der Waals surface area contributed by atoms with Gasteiger partial charge in [0.2, 0.25) is 0 Å². The Morgan fingerprint density at radius 1 is 0.810 bits per heavy atom. The second-order valence-corrected chi connectivity index (χ2v) is 6.43. The normalized spacial score (nSPS) is 19.7. The summed E-state index contributed by atoms with van der Waals surface area (Å²) in [6.45, 7) is 8.19. The topological polar surface area (TPSA) is 31.4 Å². The molecule has 0 bridgehead atoms. The molecular weight excluding hydrogens is 261 g/mol. The van der Waals surface area contributed by atoms with Crippen LogP contribution in [0.1, 0.15) is 27.7 Å². The van der Waals surface area contributed by atoms with Gasteiger partial charge < -0.3 is 9.31 Å². The van der Waals surface area contributed by atoms with Gasteiger partial charge in [-0.2, -0.15) is 0 Å². The van der Waals surface area contributed by atoms with E-state index >= 15 is 0 Å². The van der Waals surface area contributed by atoms with E-state index in [1.165, 1.54) is 0 Å². The summed E-state index contributed by atoms with van der Waals surface area (Å²) in [6.07, 6.45) is 1.87. The molecule has 3 rings (SSSR count). The Kier molecular flexibility index (Phi) is 3.38. The molecule has 0 N–H and O–H groups in total. The van der Waals surface area contributed by atoms with Crippen molar-refractivity contribution in [3.63, 3.8) is 0 Å². The van der Waals surface area contributed by atoms with Crippen molar-refractivity contribution in [1.29, 1.82) is 0 Å². The van der Waals surface area contributed by atoms with Gasteiger partial charge in [-0.3, -0.25) is 4.98 Å². The summed E-state index contributed by atoms with van der Waals surface area (Å²) < 4.78 is 12.0. The van der Waals surface area contributed by atoms with E-state index in [-0.39, 0.29) is 11.2 Å². The van der Waals surface area contributed by atoms with Crippen LogP contribution in [0.25, 0.3) is 11.1 Å². The van der Waals surface area contributed by atoms with E-state index < -0.39 is 7.12 Å². The molecule has 1 aromatic heterocycles. The first kappa shape index (κ1) is 14.3. The number of nitrogens with zero attached hydrogens (tertiary/aromatic N) is 1. The summed E-state index contributed by atoms with van der Waals surface area (Å²) in [4.78, 5) is 4.52. The van der Waals surface area contributed by atoms with Crippen LogP contribution in [0.4, 0.5) is 0 Å². The van der Waals surface area contributed by atoms with Crippen LogP contribution in [0.5, 0.6) is 0 Å². The monoisotopic (exact) mass is 281 g/mol. The second-order valence-electron chi connectivity index (χ2n) is 6.43. The maximum atomic E-state index is 6.01. The van der Waals surface area contributed by atoms with E-state index in [0.717, 1.165) is 16.7 Å². The van der Waals surface area contributed by atoms with E-state index in [2.05, 4.69) is 23.2 Å². The summed E-state index contributed by atoms with van der Waals surface area (Å²) in [7, 11) is -0.403. The number of hydrogen-bond acceptors (Lipinski definition) is 3. The van der Waals surface area contributed by atoms with Crippen molar-refractivity contribution in [3.05, 3.63) is 48.7 Å². The Labute approximate surface area is 126 Å². The fourth-order valence-electron chi connectivity index (χ4n) is 2.31. The molecule has 4 heteroatoms. The maximum Gasteiger partial charge on any atom is 0.514 e. The second kappa shape index (κ2) is 4.97. The molecule has 1 saturated heterocycles. The van der Waals surface area contributed by atoms with E-state index in [4.69, 9.17) is 9.31 Å². The lowest BCUT2D eigenvalue weighted by molar-refractivity contribution is 0.00578. The molecule has 108 valence electrons. The lowest BCUT2D eigenvalue weighted by Gasteiger charge is -2.32.